The molecule has 0 saturated carbocycles. The second kappa shape index (κ2) is 5.18. The van der Waals surface area contributed by atoms with Gasteiger partial charge in [0.25, 0.3) is 0 Å². The third-order valence-electron chi connectivity index (χ3n) is 1.56. The number of hydrogen-bond donors (Lipinski definition) is 0. The molecular formula is C8H13ClTi. The summed E-state index contributed by atoms with van der Waals surface area (Å²) in [5.74, 6) is 0. The summed E-state index contributed by atoms with van der Waals surface area (Å²) in [5, 5.41) is 0. The predicted molar refractivity (Wildman–Crippen MR) is 44.2 cm³/mol. The van der Waals surface area contributed by atoms with Crippen molar-refractivity contribution >= 4 is 12.4 Å². The summed E-state index contributed by atoms with van der Waals surface area (Å²) in [6, 6.07) is 0. The van der Waals surface area contributed by atoms with Crippen LogP contribution in [-0.2, 0) is 19.2 Å². The van der Waals surface area contributed by atoms with E-state index in [1.165, 1.54) is 11.1 Å². The Kier molecular flexibility index (Phi) is 5.43. The molecule has 0 unspecified atom stereocenters. The van der Waals surface area contributed by atoms with Gasteiger partial charge in [-0.2, -0.15) is 0 Å². The van der Waals surface area contributed by atoms with Gasteiger partial charge in [0, 0.05) is 0 Å². The van der Waals surface area contributed by atoms with E-state index in [-0.39, 0.29) is 31.6 Å². The van der Waals surface area contributed by atoms with Gasteiger partial charge < -0.3 is 0 Å². The van der Waals surface area contributed by atoms with Crippen LogP contribution in [0.25, 0.3) is 0 Å². The van der Waals surface area contributed by atoms with Gasteiger partial charge in [-0.1, -0.05) is 0 Å². The molecule has 0 saturated heterocycles. The quantitative estimate of drug-likeness (QED) is 0.590. The molecule has 2 heteroatoms. The maximum Gasteiger partial charge on any atom is -0.147 e. The Morgan fingerprint density at radius 3 is 2.70 bits per heavy atom. The van der Waals surface area contributed by atoms with Gasteiger partial charge >= 0.3 is 65.7 Å². The smallest absolute Gasteiger partial charge is 0.147 e. The van der Waals surface area contributed by atoms with E-state index in [9.17, 15) is 0 Å². The first-order valence-electron chi connectivity index (χ1n) is 3.44. The van der Waals surface area contributed by atoms with Crippen LogP contribution in [0.1, 0.15) is 20.3 Å². The summed E-state index contributed by atoms with van der Waals surface area (Å²) in [4.78, 5) is 0. The Labute approximate surface area is 78.1 Å². The van der Waals surface area contributed by atoms with E-state index < -0.39 is 0 Å². The van der Waals surface area contributed by atoms with Crippen LogP contribution in [0.5, 0.6) is 0 Å². The normalized spacial score (nSPS) is 15.4. The van der Waals surface area contributed by atoms with E-state index in [1.54, 1.807) is 9.45 Å². The minimum absolute atomic E-state index is 0. The molecule has 10 heavy (non-hydrogen) atoms. The van der Waals surface area contributed by atoms with Crippen LogP contribution < -0.4 is 0 Å². The molecular weight excluding hydrogens is 179 g/mol. The minimum Gasteiger partial charge on any atom is -0.147 e. The minimum atomic E-state index is 0. The fraction of sp³-hybridized carbons (Fsp3) is 0.500. The summed E-state index contributed by atoms with van der Waals surface area (Å²) in [6.45, 7) is 4.52. The van der Waals surface area contributed by atoms with E-state index in [2.05, 4.69) is 26.0 Å². The van der Waals surface area contributed by atoms with Gasteiger partial charge in [0.05, 0.1) is 0 Å². The van der Waals surface area contributed by atoms with Gasteiger partial charge in [-0.15, -0.1) is 12.4 Å². The van der Waals surface area contributed by atoms with Gasteiger partial charge in [0.2, 0.25) is 0 Å². The molecule has 56 valence electrons. The fourth-order valence-corrected chi connectivity index (χ4v) is 2.68. The summed E-state index contributed by atoms with van der Waals surface area (Å²) in [6.07, 6.45) is 5.80. The molecule has 0 aromatic carbocycles. The molecule has 0 aromatic heterocycles. The van der Waals surface area contributed by atoms with Crippen molar-refractivity contribution in [2.75, 3.05) is 0 Å². The molecule has 0 fully saturated rings. The van der Waals surface area contributed by atoms with E-state index in [4.69, 9.17) is 0 Å². The molecule has 0 N–H and O–H groups in total. The van der Waals surface area contributed by atoms with Gasteiger partial charge in [0.1, 0.15) is 0 Å². The van der Waals surface area contributed by atoms with Crippen LogP contribution in [0.2, 0.25) is 4.73 Å². The molecule has 0 nitrogen and oxygen atoms in total. The molecule has 0 atom stereocenters. The SMILES string of the molecule is C[CH2][Ti][C]1=C(C)C=CC1.Cl. The van der Waals surface area contributed by atoms with Gasteiger partial charge in [-0.05, 0) is 0 Å². The Hall–Kier alpha value is 0.484. The number of rotatable bonds is 2. The van der Waals surface area contributed by atoms with Gasteiger partial charge in [-0.3, -0.25) is 0 Å². The monoisotopic (exact) mass is 192 g/mol. The largest absolute Gasteiger partial charge is 0.147 e. The molecule has 1 rings (SSSR count). The van der Waals surface area contributed by atoms with Gasteiger partial charge in [0.15, 0.2) is 0 Å². The average Bonchev–Trinajstić information content (AvgIpc) is 2.18. The zero-order valence-electron chi connectivity index (χ0n) is 6.48. The third-order valence-corrected chi connectivity index (χ3v) is 3.71. The molecule has 1 aliphatic carbocycles. The Bertz CT molecular complexity index is 159. The van der Waals surface area contributed by atoms with E-state index in [0.717, 1.165) is 0 Å². The zero-order chi connectivity index (χ0) is 6.69. The van der Waals surface area contributed by atoms with E-state index in [0.29, 0.717) is 0 Å². The predicted octanol–water partition coefficient (Wildman–Crippen LogP) is 3.16. The first-order valence-corrected chi connectivity index (χ1v) is 5.33. The molecule has 0 aromatic rings. The molecule has 0 aliphatic heterocycles. The Morgan fingerprint density at radius 1 is 1.60 bits per heavy atom. The zero-order valence-corrected chi connectivity index (χ0v) is 8.86. The van der Waals surface area contributed by atoms with Crippen molar-refractivity contribution in [1.29, 1.82) is 0 Å². The maximum atomic E-state index is 2.29. The van der Waals surface area contributed by atoms with Crippen molar-refractivity contribution in [3.63, 3.8) is 0 Å². The van der Waals surface area contributed by atoms with Crippen molar-refractivity contribution < 1.29 is 19.2 Å². The van der Waals surface area contributed by atoms with Crippen molar-refractivity contribution in [3.8, 4) is 0 Å². The van der Waals surface area contributed by atoms with Crippen LogP contribution in [0.3, 0.4) is 0 Å². The second-order valence-corrected chi connectivity index (χ2v) is 4.90. The third kappa shape index (κ3) is 2.61. The standard InChI is InChI=1S/C6H7.C2H5.ClH.Ti/c1-6-4-2-3-5-6;1-2;;/h2,4H,3H2,1H3;1H2,2H3;1H;. The Balaban J connectivity index is 0.000000810. The number of hydrogen-bond acceptors (Lipinski definition) is 0. The second-order valence-electron chi connectivity index (χ2n) is 2.30. The summed E-state index contributed by atoms with van der Waals surface area (Å²) >= 11 is 0.280. The van der Waals surface area contributed by atoms with Crippen LogP contribution in [0, 0.1) is 0 Å². The Morgan fingerprint density at radius 2 is 2.30 bits per heavy atom. The average molecular weight is 193 g/mol. The molecule has 1 aliphatic rings. The van der Waals surface area contributed by atoms with Crippen LogP contribution in [0.4, 0.5) is 0 Å². The van der Waals surface area contributed by atoms with Crippen molar-refractivity contribution in [2.24, 2.45) is 0 Å². The molecule has 0 amide bonds. The van der Waals surface area contributed by atoms with Crippen LogP contribution in [0.15, 0.2) is 21.6 Å². The fourth-order valence-electron chi connectivity index (χ4n) is 1.04. The van der Waals surface area contributed by atoms with Crippen molar-refractivity contribution in [1.82, 2.24) is 0 Å². The first-order chi connectivity index (χ1) is 4.34. The number of halogens is 1. The topological polar surface area (TPSA) is 0 Å². The molecule has 0 radical (unpaired) electrons. The van der Waals surface area contributed by atoms with Crippen molar-refractivity contribution in [3.05, 3.63) is 21.6 Å². The molecule has 0 spiro atoms. The van der Waals surface area contributed by atoms with Gasteiger partial charge in [-0.25, -0.2) is 0 Å². The van der Waals surface area contributed by atoms with Crippen molar-refractivity contribution in [2.45, 2.75) is 25.0 Å². The molecule has 0 heterocycles. The first kappa shape index (κ1) is 10.5. The van der Waals surface area contributed by atoms with E-state index in [1.807, 2.05) is 0 Å². The number of allylic oxidation sites excluding steroid dienone is 4. The summed E-state index contributed by atoms with van der Waals surface area (Å²) < 4.78 is 3.17. The molecule has 0 bridgehead atoms. The summed E-state index contributed by atoms with van der Waals surface area (Å²) in [7, 11) is 0. The summed E-state index contributed by atoms with van der Waals surface area (Å²) in [5.41, 5.74) is 1.55. The van der Waals surface area contributed by atoms with Crippen LogP contribution in [-0.4, -0.2) is 0 Å². The van der Waals surface area contributed by atoms with E-state index >= 15 is 0 Å². The van der Waals surface area contributed by atoms with Crippen LogP contribution >= 0.6 is 12.4 Å². The maximum absolute atomic E-state index is 2.29.